The van der Waals surface area contributed by atoms with Crippen molar-refractivity contribution in [2.75, 3.05) is 19.8 Å². The normalized spacial score (nSPS) is 25.6. The van der Waals surface area contributed by atoms with Crippen molar-refractivity contribution in [3.8, 4) is 0 Å². The minimum absolute atomic E-state index is 0.274. The molecule has 1 aliphatic rings. The van der Waals surface area contributed by atoms with Gasteiger partial charge in [-0.1, -0.05) is 0 Å². The second-order valence-electron chi connectivity index (χ2n) is 2.91. The van der Waals surface area contributed by atoms with Gasteiger partial charge in [-0.05, 0) is 6.42 Å². The van der Waals surface area contributed by atoms with Gasteiger partial charge < -0.3 is 20.9 Å². The molecule has 4 N–H and O–H groups in total. The van der Waals surface area contributed by atoms with Crippen molar-refractivity contribution >= 4 is 5.97 Å². The average Bonchev–Trinajstić information content (AvgIpc) is 2.51. The number of hydrogen-bond donors (Lipinski definition) is 3. The van der Waals surface area contributed by atoms with Crippen LogP contribution in [0.3, 0.4) is 0 Å². The first-order valence-electron chi connectivity index (χ1n) is 3.99. The third-order valence-electron chi connectivity index (χ3n) is 1.87. The van der Waals surface area contributed by atoms with Crippen LogP contribution in [0.1, 0.15) is 6.42 Å². The van der Waals surface area contributed by atoms with Crippen molar-refractivity contribution in [1.82, 2.24) is 5.32 Å². The molecule has 1 saturated heterocycles. The Kier molecular flexibility index (Phi) is 3.46. The van der Waals surface area contributed by atoms with Crippen molar-refractivity contribution < 1.29 is 14.6 Å². The van der Waals surface area contributed by atoms with E-state index in [-0.39, 0.29) is 6.04 Å². The molecular weight excluding hydrogens is 160 g/mol. The minimum atomic E-state index is -0.971. The summed E-state index contributed by atoms with van der Waals surface area (Å²) < 4.78 is 5.10. The molecule has 5 heteroatoms. The van der Waals surface area contributed by atoms with E-state index in [0.717, 1.165) is 13.0 Å². The fourth-order valence-electron chi connectivity index (χ4n) is 1.08. The van der Waals surface area contributed by atoms with Gasteiger partial charge in [0.1, 0.15) is 6.04 Å². The fourth-order valence-corrected chi connectivity index (χ4v) is 1.08. The van der Waals surface area contributed by atoms with Gasteiger partial charge in [0.25, 0.3) is 0 Å². The molecular formula is C7H14N2O3. The highest BCUT2D eigenvalue weighted by Crippen LogP contribution is 2.02. The summed E-state index contributed by atoms with van der Waals surface area (Å²) in [5, 5.41) is 11.5. The SMILES string of the molecule is NC(CNC1CCOC1)C(=O)O. The lowest BCUT2D eigenvalue weighted by Crippen LogP contribution is -2.44. The van der Waals surface area contributed by atoms with E-state index in [9.17, 15) is 4.79 Å². The van der Waals surface area contributed by atoms with Crippen LogP contribution in [0.4, 0.5) is 0 Å². The highest BCUT2D eigenvalue weighted by Gasteiger charge is 2.17. The summed E-state index contributed by atoms with van der Waals surface area (Å²) in [5.74, 6) is -0.971. The number of hydrogen-bond acceptors (Lipinski definition) is 4. The van der Waals surface area contributed by atoms with Crippen LogP contribution in [0.25, 0.3) is 0 Å². The highest BCUT2D eigenvalue weighted by molar-refractivity contribution is 5.73. The van der Waals surface area contributed by atoms with Crippen LogP contribution in [0.2, 0.25) is 0 Å². The Bertz CT molecular complexity index is 157. The maximum absolute atomic E-state index is 10.3. The number of aliphatic carboxylic acids is 1. The number of ether oxygens (including phenoxy) is 1. The van der Waals surface area contributed by atoms with Gasteiger partial charge >= 0.3 is 5.97 Å². The van der Waals surface area contributed by atoms with E-state index in [1.54, 1.807) is 0 Å². The third-order valence-corrected chi connectivity index (χ3v) is 1.87. The van der Waals surface area contributed by atoms with Crippen LogP contribution in [-0.2, 0) is 9.53 Å². The first-order chi connectivity index (χ1) is 5.70. The number of nitrogens with one attached hydrogen (secondary N) is 1. The topological polar surface area (TPSA) is 84.6 Å². The molecule has 1 aliphatic heterocycles. The van der Waals surface area contributed by atoms with Gasteiger partial charge in [-0.15, -0.1) is 0 Å². The number of carbonyl (C=O) groups is 1. The number of rotatable bonds is 4. The van der Waals surface area contributed by atoms with E-state index in [1.165, 1.54) is 0 Å². The Morgan fingerprint density at radius 1 is 1.83 bits per heavy atom. The highest BCUT2D eigenvalue weighted by atomic mass is 16.5. The molecule has 2 atom stereocenters. The van der Waals surface area contributed by atoms with Gasteiger partial charge in [0.2, 0.25) is 0 Å². The molecule has 0 bridgehead atoms. The lowest BCUT2D eigenvalue weighted by atomic mass is 10.2. The van der Waals surface area contributed by atoms with Gasteiger partial charge in [0.05, 0.1) is 6.61 Å². The average molecular weight is 174 g/mol. The molecule has 70 valence electrons. The lowest BCUT2D eigenvalue weighted by molar-refractivity contribution is -0.138. The van der Waals surface area contributed by atoms with E-state index in [1.807, 2.05) is 0 Å². The van der Waals surface area contributed by atoms with Crippen molar-refractivity contribution in [1.29, 1.82) is 0 Å². The molecule has 0 amide bonds. The van der Waals surface area contributed by atoms with Gasteiger partial charge in [0, 0.05) is 19.2 Å². The van der Waals surface area contributed by atoms with Gasteiger partial charge in [-0.25, -0.2) is 0 Å². The Morgan fingerprint density at radius 2 is 2.58 bits per heavy atom. The van der Waals surface area contributed by atoms with E-state index in [4.69, 9.17) is 15.6 Å². The molecule has 0 radical (unpaired) electrons. The Morgan fingerprint density at radius 3 is 3.08 bits per heavy atom. The molecule has 0 aromatic carbocycles. The van der Waals surface area contributed by atoms with Crippen LogP contribution >= 0.6 is 0 Å². The predicted molar refractivity (Wildman–Crippen MR) is 42.8 cm³/mol. The molecule has 0 aromatic rings. The van der Waals surface area contributed by atoms with Crippen LogP contribution in [0, 0.1) is 0 Å². The number of nitrogens with two attached hydrogens (primary N) is 1. The lowest BCUT2D eigenvalue weighted by Gasteiger charge is -2.12. The second-order valence-corrected chi connectivity index (χ2v) is 2.91. The first-order valence-corrected chi connectivity index (χ1v) is 3.99. The van der Waals surface area contributed by atoms with Gasteiger partial charge in [0.15, 0.2) is 0 Å². The maximum Gasteiger partial charge on any atom is 0.321 e. The molecule has 1 heterocycles. The van der Waals surface area contributed by atoms with Crippen molar-refractivity contribution in [3.05, 3.63) is 0 Å². The summed E-state index contributed by atoms with van der Waals surface area (Å²) in [5.41, 5.74) is 5.29. The standard InChI is InChI=1S/C7H14N2O3/c8-6(7(10)11)3-9-5-1-2-12-4-5/h5-6,9H,1-4,8H2,(H,10,11). The zero-order valence-corrected chi connectivity index (χ0v) is 6.82. The molecule has 1 fully saturated rings. The quantitative estimate of drug-likeness (QED) is 0.497. The summed E-state index contributed by atoms with van der Waals surface area (Å²) in [6.45, 7) is 1.72. The summed E-state index contributed by atoms with van der Waals surface area (Å²) in [6, 6.07) is -0.541. The zero-order valence-electron chi connectivity index (χ0n) is 6.82. The smallest absolute Gasteiger partial charge is 0.321 e. The largest absolute Gasteiger partial charge is 0.480 e. The Balaban J connectivity index is 2.11. The number of carboxylic acid groups (broad SMARTS) is 1. The number of carboxylic acids is 1. The van der Waals surface area contributed by atoms with Gasteiger partial charge in [-0.3, -0.25) is 4.79 Å². The molecule has 0 aliphatic carbocycles. The Labute approximate surface area is 70.9 Å². The van der Waals surface area contributed by atoms with E-state index >= 15 is 0 Å². The second kappa shape index (κ2) is 4.39. The molecule has 1 rings (SSSR count). The molecule has 0 aromatic heterocycles. The summed E-state index contributed by atoms with van der Waals surface area (Å²) in [6.07, 6.45) is 0.937. The van der Waals surface area contributed by atoms with Gasteiger partial charge in [-0.2, -0.15) is 0 Å². The fraction of sp³-hybridized carbons (Fsp3) is 0.857. The van der Waals surface area contributed by atoms with Crippen LogP contribution in [0.5, 0.6) is 0 Å². The van der Waals surface area contributed by atoms with Crippen molar-refractivity contribution in [3.63, 3.8) is 0 Å². The third kappa shape index (κ3) is 2.77. The first kappa shape index (κ1) is 9.44. The van der Waals surface area contributed by atoms with E-state index < -0.39 is 12.0 Å². The van der Waals surface area contributed by atoms with Crippen molar-refractivity contribution in [2.24, 2.45) is 5.73 Å². The summed E-state index contributed by atoms with van der Waals surface area (Å²) in [4.78, 5) is 10.3. The Hall–Kier alpha value is -0.650. The van der Waals surface area contributed by atoms with Crippen molar-refractivity contribution in [2.45, 2.75) is 18.5 Å². The molecule has 2 unspecified atom stereocenters. The van der Waals surface area contributed by atoms with Crippen LogP contribution in [-0.4, -0.2) is 42.9 Å². The van der Waals surface area contributed by atoms with Crippen LogP contribution in [0.15, 0.2) is 0 Å². The summed E-state index contributed by atoms with van der Waals surface area (Å²) in [7, 11) is 0. The van der Waals surface area contributed by atoms with Crippen LogP contribution < -0.4 is 11.1 Å². The molecule has 5 nitrogen and oxygen atoms in total. The molecule has 0 spiro atoms. The monoisotopic (exact) mass is 174 g/mol. The molecule has 0 saturated carbocycles. The predicted octanol–water partition coefficient (Wildman–Crippen LogP) is -1.22. The molecule has 12 heavy (non-hydrogen) atoms. The van der Waals surface area contributed by atoms with E-state index in [2.05, 4.69) is 5.32 Å². The zero-order chi connectivity index (χ0) is 8.97. The maximum atomic E-state index is 10.3. The van der Waals surface area contributed by atoms with E-state index in [0.29, 0.717) is 13.2 Å². The minimum Gasteiger partial charge on any atom is -0.480 e. The summed E-state index contributed by atoms with van der Waals surface area (Å²) >= 11 is 0.